The first-order valence-electron chi connectivity index (χ1n) is 4.44. The molecule has 0 spiro atoms. The van der Waals surface area contributed by atoms with Gasteiger partial charge in [0.05, 0.1) is 12.3 Å². The summed E-state index contributed by atoms with van der Waals surface area (Å²) in [6, 6.07) is 3.98. The van der Waals surface area contributed by atoms with Crippen LogP contribution in [0.15, 0.2) is 22.7 Å². The van der Waals surface area contributed by atoms with Gasteiger partial charge in [-0.15, -0.1) is 0 Å². The number of hydrogen-bond donors (Lipinski definition) is 2. The van der Waals surface area contributed by atoms with Gasteiger partial charge in [0.25, 0.3) is 0 Å². The summed E-state index contributed by atoms with van der Waals surface area (Å²) in [6.45, 7) is 0.812. The molecule has 0 saturated carbocycles. The van der Waals surface area contributed by atoms with E-state index < -0.39 is 27.7 Å². The van der Waals surface area contributed by atoms with Crippen molar-refractivity contribution < 1.29 is 17.9 Å². The highest BCUT2D eigenvalue weighted by Crippen LogP contribution is 2.21. The number of halogens is 2. The lowest BCUT2D eigenvalue weighted by atomic mass is 10.3. The van der Waals surface area contributed by atoms with E-state index >= 15 is 0 Å². The minimum absolute atomic E-state index is 0.136. The Balaban J connectivity index is 2.97. The van der Waals surface area contributed by atoms with E-state index in [0.717, 1.165) is 6.07 Å². The number of rotatable bonds is 4. The lowest BCUT2D eigenvalue weighted by Gasteiger charge is -2.12. The average molecular weight is 312 g/mol. The Morgan fingerprint density at radius 1 is 1.56 bits per heavy atom. The molecule has 1 atom stereocenters. The predicted octanol–water partition coefficient (Wildman–Crippen LogP) is 1.71. The van der Waals surface area contributed by atoms with Crippen LogP contribution in [0, 0.1) is 5.82 Å². The van der Waals surface area contributed by atoms with E-state index in [1.807, 2.05) is 0 Å². The van der Waals surface area contributed by atoms with Gasteiger partial charge in [-0.05, 0) is 25.1 Å². The molecule has 0 saturated heterocycles. The molecule has 4 nitrogen and oxygen atoms in total. The first kappa shape index (κ1) is 13.4. The van der Waals surface area contributed by atoms with Crippen molar-refractivity contribution in [2.75, 3.05) is 11.3 Å². The van der Waals surface area contributed by atoms with Crippen molar-refractivity contribution in [1.82, 2.24) is 0 Å². The molecule has 0 radical (unpaired) electrons. The van der Waals surface area contributed by atoms with Crippen LogP contribution in [0.1, 0.15) is 6.92 Å². The largest absolute Gasteiger partial charge is 0.395 e. The van der Waals surface area contributed by atoms with Crippen LogP contribution in [0.4, 0.5) is 10.1 Å². The normalized spacial score (nSPS) is 13.5. The first-order valence-corrected chi connectivity index (χ1v) is 6.78. The van der Waals surface area contributed by atoms with Crippen LogP contribution in [0.2, 0.25) is 0 Å². The molecule has 0 aromatic heterocycles. The van der Waals surface area contributed by atoms with E-state index in [1.165, 1.54) is 19.1 Å². The highest BCUT2D eigenvalue weighted by atomic mass is 79.9. The van der Waals surface area contributed by atoms with Gasteiger partial charge in [0.15, 0.2) is 0 Å². The Morgan fingerprint density at radius 3 is 2.69 bits per heavy atom. The van der Waals surface area contributed by atoms with E-state index in [-0.39, 0.29) is 5.69 Å². The topological polar surface area (TPSA) is 66.4 Å². The summed E-state index contributed by atoms with van der Waals surface area (Å²) in [5, 5.41) is 7.75. The molecule has 0 heterocycles. The van der Waals surface area contributed by atoms with E-state index in [1.54, 1.807) is 0 Å². The Kier molecular flexibility index (Phi) is 4.28. The van der Waals surface area contributed by atoms with Gasteiger partial charge >= 0.3 is 0 Å². The molecule has 1 aromatic carbocycles. The minimum Gasteiger partial charge on any atom is -0.395 e. The smallest absolute Gasteiger partial charge is 0.237 e. The second-order valence-electron chi connectivity index (χ2n) is 3.26. The molecule has 0 amide bonds. The summed E-state index contributed by atoms with van der Waals surface area (Å²) in [5.41, 5.74) is -0.136. The highest BCUT2D eigenvalue weighted by molar-refractivity contribution is 9.10. The quantitative estimate of drug-likeness (QED) is 0.889. The van der Waals surface area contributed by atoms with Gasteiger partial charge in [-0.1, -0.05) is 15.9 Å². The fraction of sp³-hybridized carbons (Fsp3) is 0.333. The molecule has 0 bridgehead atoms. The third-order valence-corrected chi connectivity index (χ3v) is 4.18. The zero-order valence-corrected chi connectivity index (χ0v) is 10.8. The van der Waals surface area contributed by atoms with Crippen molar-refractivity contribution in [3.05, 3.63) is 28.5 Å². The molecule has 1 aromatic rings. The van der Waals surface area contributed by atoms with Gasteiger partial charge in [-0.3, -0.25) is 4.72 Å². The van der Waals surface area contributed by atoms with Gasteiger partial charge < -0.3 is 5.11 Å². The van der Waals surface area contributed by atoms with Gasteiger partial charge in [0.1, 0.15) is 11.1 Å². The molecule has 0 aliphatic heterocycles. The van der Waals surface area contributed by atoms with Crippen LogP contribution in [0.5, 0.6) is 0 Å². The maximum atomic E-state index is 13.3. The fourth-order valence-electron chi connectivity index (χ4n) is 0.924. The lowest BCUT2D eigenvalue weighted by Crippen LogP contribution is -2.28. The standard InChI is InChI=1S/C9H11BrFNO3S/c1-6(5-13)16(14,15)12-9-3-2-7(10)4-8(9)11/h2-4,6,12-13H,5H2,1H3/t6-/m1/s1. The van der Waals surface area contributed by atoms with Crippen LogP contribution >= 0.6 is 15.9 Å². The summed E-state index contributed by atoms with van der Waals surface area (Å²) in [4.78, 5) is 0. The predicted molar refractivity (Wildman–Crippen MR) is 63.2 cm³/mol. The molecule has 0 fully saturated rings. The summed E-state index contributed by atoms with van der Waals surface area (Å²) in [7, 11) is -3.75. The van der Waals surface area contributed by atoms with Crippen molar-refractivity contribution in [2.24, 2.45) is 0 Å². The number of hydrogen-bond acceptors (Lipinski definition) is 3. The van der Waals surface area contributed by atoms with Crippen molar-refractivity contribution in [3.63, 3.8) is 0 Å². The monoisotopic (exact) mass is 311 g/mol. The molecule has 16 heavy (non-hydrogen) atoms. The van der Waals surface area contributed by atoms with Crippen molar-refractivity contribution in [3.8, 4) is 0 Å². The Labute approximate surface area is 102 Å². The summed E-state index contributed by atoms with van der Waals surface area (Å²) < 4.78 is 39.0. The maximum absolute atomic E-state index is 13.3. The molecule has 7 heteroatoms. The molecule has 0 aliphatic carbocycles. The number of sulfonamides is 1. The van der Waals surface area contributed by atoms with E-state index in [2.05, 4.69) is 20.7 Å². The van der Waals surface area contributed by atoms with E-state index in [0.29, 0.717) is 4.47 Å². The Bertz CT molecular complexity index is 478. The molecule has 2 N–H and O–H groups in total. The second kappa shape index (κ2) is 5.11. The summed E-state index contributed by atoms with van der Waals surface area (Å²) in [5.74, 6) is -0.678. The first-order chi connectivity index (χ1) is 7.36. The maximum Gasteiger partial charge on any atom is 0.237 e. The molecular formula is C9H11BrFNO3S. The Hall–Kier alpha value is -0.660. The van der Waals surface area contributed by atoms with Crippen molar-refractivity contribution in [1.29, 1.82) is 0 Å². The van der Waals surface area contributed by atoms with Crippen molar-refractivity contribution in [2.45, 2.75) is 12.2 Å². The number of aliphatic hydroxyl groups excluding tert-OH is 1. The zero-order valence-electron chi connectivity index (χ0n) is 8.44. The number of benzene rings is 1. The molecule has 0 unspecified atom stereocenters. The lowest BCUT2D eigenvalue weighted by molar-refractivity contribution is 0.296. The highest BCUT2D eigenvalue weighted by Gasteiger charge is 2.20. The molecule has 90 valence electrons. The third-order valence-electron chi connectivity index (χ3n) is 1.97. The average Bonchev–Trinajstić information content (AvgIpc) is 2.21. The van der Waals surface area contributed by atoms with Gasteiger partial charge in [0.2, 0.25) is 10.0 Å². The van der Waals surface area contributed by atoms with Crippen molar-refractivity contribution >= 4 is 31.6 Å². The zero-order chi connectivity index (χ0) is 12.3. The third kappa shape index (κ3) is 3.16. The van der Waals surface area contributed by atoms with Crippen LogP contribution in [0.25, 0.3) is 0 Å². The van der Waals surface area contributed by atoms with Crippen LogP contribution < -0.4 is 4.72 Å². The summed E-state index contributed by atoms with van der Waals surface area (Å²) in [6.07, 6.45) is 0. The molecular weight excluding hydrogens is 301 g/mol. The Morgan fingerprint density at radius 2 is 2.19 bits per heavy atom. The van der Waals surface area contributed by atoms with Crippen LogP contribution in [-0.2, 0) is 10.0 Å². The fourth-order valence-corrected chi connectivity index (χ4v) is 2.13. The van der Waals surface area contributed by atoms with Crippen LogP contribution in [0.3, 0.4) is 0 Å². The van der Waals surface area contributed by atoms with Gasteiger partial charge in [-0.2, -0.15) is 0 Å². The molecule has 0 aliphatic rings. The SMILES string of the molecule is C[C@H](CO)S(=O)(=O)Nc1ccc(Br)cc1F. The van der Waals surface area contributed by atoms with Gasteiger partial charge in [0, 0.05) is 4.47 Å². The number of aliphatic hydroxyl groups is 1. The van der Waals surface area contributed by atoms with E-state index in [4.69, 9.17) is 5.11 Å². The van der Waals surface area contributed by atoms with Gasteiger partial charge in [-0.25, -0.2) is 12.8 Å². The van der Waals surface area contributed by atoms with E-state index in [9.17, 15) is 12.8 Å². The minimum atomic E-state index is -3.75. The second-order valence-corrected chi connectivity index (χ2v) is 6.28. The molecule has 1 rings (SSSR count). The number of nitrogens with one attached hydrogen (secondary N) is 1. The number of anilines is 1. The summed E-state index contributed by atoms with van der Waals surface area (Å²) >= 11 is 3.06. The van der Waals surface area contributed by atoms with Crippen LogP contribution in [-0.4, -0.2) is 25.4 Å².